The Morgan fingerprint density at radius 1 is 1.13 bits per heavy atom. The number of ether oxygens (including phenoxy) is 1. The van der Waals surface area contributed by atoms with Gasteiger partial charge in [0.25, 0.3) is 5.91 Å². The molecule has 0 saturated heterocycles. The number of sulfonamides is 1. The second kappa shape index (κ2) is 9.89. The van der Waals surface area contributed by atoms with E-state index in [9.17, 15) is 17.6 Å². The molecule has 0 heterocycles. The van der Waals surface area contributed by atoms with E-state index >= 15 is 0 Å². The van der Waals surface area contributed by atoms with Crippen molar-refractivity contribution in [1.82, 2.24) is 10.0 Å². The van der Waals surface area contributed by atoms with E-state index < -0.39 is 10.0 Å². The van der Waals surface area contributed by atoms with E-state index in [4.69, 9.17) is 4.74 Å². The zero-order valence-electron chi connectivity index (χ0n) is 17.9. The molecule has 0 bridgehead atoms. The van der Waals surface area contributed by atoms with Crippen molar-refractivity contribution in [2.45, 2.75) is 42.9 Å². The van der Waals surface area contributed by atoms with E-state index in [0.717, 1.165) is 31.2 Å². The number of hydrogen-bond donors (Lipinski definition) is 2. The molecule has 1 amide bonds. The normalized spacial score (nSPS) is 15.7. The molecular formula is C23H29FN2O4S. The Bertz CT molecular complexity index is 1020. The second-order valence-corrected chi connectivity index (χ2v) is 9.81. The first-order valence-electron chi connectivity index (χ1n) is 10.4. The number of hydrogen-bond acceptors (Lipinski definition) is 4. The van der Waals surface area contributed by atoms with Gasteiger partial charge in [-0.3, -0.25) is 4.79 Å². The summed E-state index contributed by atoms with van der Waals surface area (Å²) in [4.78, 5) is 13.0. The van der Waals surface area contributed by atoms with Gasteiger partial charge in [0.1, 0.15) is 5.82 Å². The third-order valence-corrected chi connectivity index (χ3v) is 7.43. The fourth-order valence-corrected chi connectivity index (χ4v) is 5.18. The molecule has 168 valence electrons. The topological polar surface area (TPSA) is 84.5 Å². The van der Waals surface area contributed by atoms with Crippen LogP contribution in [-0.2, 0) is 20.2 Å². The van der Waals surface area contributed by atoms with E-state index in [1.165, 1.54) is 31.4 Å². The Balaban J connectivity index is 1.77. The standard InChI is InChI=1S/C23H29FN2O4S/c1-17-5-10-20(31(28,29)26-13-14-30-2)15-21(17)22(27)25-16-23(11-3-4-12-23)18-6-8-19(24)9-7-18/h5-10,15,26H,3-4,11-14,16H2,1-2H3,(H,25,27). The number of benzene rings is 2. The highest BCUT2D eigenvalue weighted by atomic mass is 32.2. The van der Waals surface area contributed by atoms with Gasteiger partial charge in [-0.25, -0.2) is 17.5 Å². The lowest BCUT2D eigenvalue weighted by atomic mass is 9.78. The number of carbonyl (C=O) groups excluding carboxylic acids is 1. The summed E-state index contributed by atoms with van der Waals surface area (Å²) in [6, 6.07) is 11.0. The van der Waals surface area contributed by atoms with Crippen LogP contribution < -0.4 is 10.0 Å². The van der Waals surface area contributed by atoms with Gasteiger partial charge in [-0.05, 0) is 55.2 Å². The Hall–Kier alpha value is -2.29. The smallest absolute Gasteiger partial charge is 0.251 e. The number of amides is 1. The second-order valence-electron chi connectivity index (χ2n) is 8.04. The fraction of sp³-hybridized carbons (Fsp3) is 0.435. The van der Waals surface area contributed by atoms with Crippen LogP contribution in [0.5, 0.6) is 0 Å². The third kappa shape index (κ3) is 5.50. The molecule has 2 aromatic rings. The minimum atomic E-state index is -3.74. The van der Waals surface area contributed by atoms with E-state index in [0.29, 0.717) is 17.7 Å². The van der Waals surface area contributed by atoms with Crippen molar-refractivity contribution in [2.24, 2.45) is 0 Å². The van der Waals surface area contributed by atoms with Gasteiger partial charge in [0.05, 0.1) is 11.5 Å². The molecule has 0 aliphatic heterocycles. The SMILES string of the molecule is COCCNS(=O)(=O)c1ccc(C)c(C(=O)NCC2(c3ccc(F)cc3)CCCC2)c1. The molecular weight excluding hydrogens is 419 g/mol. The highest BCUT2D eigenvalue weighted by molar-refractivity contribution is 7.89. The molecule has 1 fully saturated rings. The largest absolute Gasteiger partial charge is 0.383 e. The van der Waals surface area contributed by atoms with Gasteiger partial charge in [0.15, 0.2) is 0 Å². The van der Waals surface area contributed by atoms with Crippen LogP contribution in [0.2, 0.25) is 0 Å². The summed E-state index contributed by atoms with van der Waals surface area (Å²) < 4.78 is 45.7. The molecule has 31 heavy (non-hydrogen) atoms. The van der Waals surface area contributed by atoms with Crippen molar-refractivity contribution in [3.63, 3.8) is 0 Å². The van der Waals surface area contributed by atoms with Gasteiger partial charge >= 0.3 is 0 Å². The van der Waals surface area contributed by atoms with Crippen LogP contribution in [0.1, 0.15) is 47.2 Å². The number of aryl methyl sites for hydroxylation is 1. The molecule has 0 atom stereocenters. The number of methoxy groups -OCH3 is 1. The van der Waals surface area contributed by atoms with E-state index in [-0.39, 0.29) is 35.2 Å². The maximum absolute atomic E-state index is 13.4. The van der Waals surface area contributed by atoms with Gasteiger partial charge in [0, 0.05) is 31.2 Å². The highest BCUT2D eigenvalue weighted by Crippen LogP contribution is 2.40. The summed E-state index contributed by atoms with van der Waals surface area (Å²) in [6.07, 6.45) is 3.92. The Morgan fingerprint density at radius 3 is 2.45 bits per heavy atom. The monoisotopic (exact) mass is 448 g/mol. The number of nitrogens with one attached hydrogen (secondary N) is 2. The molecule has 0 radical (unpaired) electrons. The van der Waals surface area contributed by atoms with Gasteiger partial charge in [-0.1, -0.05) is 31.0 Å². The molecule has 1 aliphatic carbocycles. The summed E-state index contributed by atoms with van der Waals surface area (Å²) in [5, 5.41) is 3.00. The predicted molar refractivity (Wildman–Crippen MR) is 117 cm³/mol. The number of halogens is 1. The Morgan fingerprint density at radius 2 is 1.81 bits per heavy atom. The molecule has 8 heteroatoms. The zero-order chi connectivity index (χ0) is 22.5. The molecule has 0 spiro atoms. The minimum absolute atomic E-state index is 0.0356. The zero-order valence-corrected chi connectivity index (χ0v) is 18.7. The lowest BCUT2D eigenvalue weighted by Gasteiger charge is -2.30. The first-order chi connectivity index (χ1) is 14.8. The van der Waals surface area contributed by atoms with Crippen LogP contribution in [-0.4, -0.2) is 41.1 Å². The molecule has 6 nitrogen and oxygen atoms in total. The van der Waals surface area contributed by atoms with Gasteiger partial charge in [-0.15, -0.1) is 0 Å². The van der Waals surface area contributed by atoms with E-state index in [1.807, 2.05) is 0 Å². The molecule has 0 aromatic heterocycles. The van der Waals surface area contributed by atoms with Gasteiger partial charge in [0.2, 0.25) is 10.0 Å². The van der Waals surface area contributed by atoms with Crippen molar-refractivity contribution >= 4 is 15.9 Å². The molecule has 3 rings (SSSR count). The summed E-state index contributed by atoms with van der Waals surface area (Å²) in [6.45, 7) is 2.59. The van der Waals surface area contributed by atoms with Crippen molar-refractivity contribution in [2.75, 3.05) is 26.8 Å². The van der Waals surface area contributed by atoms with E-state index in [2.05, 4.69) is 10.0 Å². The third-order valence-electron chi connectivity index (χ3n) is 5.97. The quantitative estimate of drug-likeness (QED) is 0.577. The summed E-state index contributed by atoms with van der Waals surface area (Å²) in [5.74, 6) is -0.603. The average Bonchev–Trinajstić information content (AvgIpc) is 3.23. The first-order valence-corrected chi connectivity index (χ1v) is 11.9. The van der Waals surface area contributed by atoms with Gasteiger partial charge in [-0.2, -0.15) is 0 Å². The molecule has 2 aromatic carbocycles. The molecule has 2 N–H and O–H groups in total. The van der Waals surface area contributed by atoms with Crippen molar-refractivity contribution in [1.29, 1.82) is 0 Å². The lowest BCUT2D eigenvalue weighted by molar-refractivity contribution is 0.0942. The predicted octanol–water partition coefficient (Wildman–Crippen LogP) is 3.30. The van der Waals surface area contributed by atoms with Crippen LogP contribution in [0.15, 0.2) is 47.4 Å². The van der Waals surface area contributed by atoms with Crippen LogP contribution >= 0.6 is 0 Å². The number of rotatable bonds is 9. The molecule has 1 aliphatic rings. The Kier molecular flexibility index (Phi) is 7.46. The highest BCUT2D eigenvalue weighted by Gasteiger charge is 2.36. The summed E-state index contributed by atoms with van der Waals surface area (Å²) in [5.41, 5.74) is 1.79. The van der Waals surface area contributed by atoms with Crippen LogP contribution in [0.25, 0.3) is 0 Å². The van der Waals surface area contributed by atoms with Crippen molar-refractivity contribution in [3.8, 4) is 0 Å². The summed E-state index contributed by atoms with van der Waals surface area (Å²) >= 11 is 0. The van der Waals surface area contributed by atoms with Crippen LogP contribution in [0.3, 0.4) is 0 Å². The summed E-state index contributed by atoms with van der Waals surface area (Å²) in [7, 11) is -2.25. The van der Waals surface area contributed by atoms with Crippen molar-refractivity contribution < 1.29 is 22.3 Å². The maximum Gasteiger partial charge on any atom is 0.251 e. The number of carbonyl (C=O) groups is 1. The minimum Gasteiger partial charge on any atom is -0.383 e. The lowest BCUT2D eigenvalue weighted by Crippen LogP contribution is -2.39. The first kappa shape index (κ1) is 23.4. The molecule has 0 unspecified atom stereocenters. The average molecular weight is 449 g/mol. The van der Waals surface area contributed by atoms with E-state index in [1.54, 1.807) is 25.1 Å². The van der Waals surface area contributed by atoms with Crippen LogP contribution in [0, 0.1) is 12.7 Å². The fourth-order valence-electron chi connectivity index (χ4n) is 4.14. The van der Waals surface area contributed by atoms with Gasteiger partial charge < -0.3 is 10.1 Å². The van der Waals surface area contributed by atoms with Crippen LogP contribution in [0.4, 0.5) is 4.39 Å². The maximum atomic E-state index is 13.4. The van der Waals surface area contributed by atoms with Crippen molar-refractivity contribution in [3.05, 3.63) is 65.0 Å². The molecule has 1 saturated carbocycles. The Labute approximate surface area is 183 Å².